The van der Waals surface area contributed by atoms with Crippen LogP contribution in [0.5, 0.6) is 0 Å². The van der Waals surface area contributed by atoms with Gasteiger partial charge in [0.15, 0.2) is 5.11 Å². The first-order chi connectivity index (χ1) is 18.5. The van der Waals surface area contributed by atoms with Crippen molar-refractivity contribution in [2.45, 2.75) is 18.4 Å². The van der Waals surface area contributed by atoms with E-state index in [4.69, 9.17) is 12.2 Å². The molecule has 39 heavy (non-hydrogen) atoms. The van der Waals surface area contributed by atoms with Gasteiger partial charge in [0.1, 0.15) is 0 Å². The number of hydrogen-bond donors (Lipinski definition) is 2. The second kappa shape index (κ2) is 12.2. The zero-order valence-corrected chi connectivity index (χ0v) is 22.0. The number of hydrogen-bond acceptors (Lipinski definition) is 1. The van der Waals surface area contributed by atoms with Crippen LogP contribution in [0, 0.1) is 0 Å². The standard InChI is InChI=1S/C29H23F6N2PS/c30-28(31,32)21-16-22(29(33,34)35)18-23(17-21)36-27(39)37-26(20-10-4-1-5-11-20)19-38(24-12-6-2-7-13-24)25-14-8-3-9-15-25/h1-18,26H,19H2,(H2,36,37,39)/t26-/m1/s1. The van der Waals surface area contributed by atoms with Gasteiger partial charge in [-0.1, -0.05) is 91.0 Å². The van der Waals surface area contributed by atoms with Gasteiger partial charge >= 0.3 is 12.4 Å². The Morgan fingerprint density at radius 2 is 1.10 bits per heavy atom. The molecule has 0 amide bonds. The van der Waals surface area contributed by atoms with Crippen LogP contribution < -0.4 is 21.2 Å². The summed E-state index contributed by atoms with van der Waals surface area (Å²) < 4.78 is 80.0. The largest absolute Gasteiger partial charge is 0.416 e. The Balaban J connectivity index is 1.64. The molecule has 0 fully saturated rings. The lowest BCUT2D eigenvalue weighted by molar-refractivity contribution is -0.143. The van der Waals surface area contributed by atoms with E-state index >= 15 is 0 Å². The van der Waals surface area contributed by atoms with E-state index in [1.807, 2.05) is 91.0 Å². The van der Waals surface area contributed by atoms with Gasteiger partial charge in [-0.15, -0.1) is 0 Å². The first-order valence-corrected chi connectivity index (χ1v) is 13.7. The third kappa shape index (κ3) is 7.80. The minimum atomic E-state index is -4.96. The molecular weight excluding hydrogens is 553 g/mol. The van der Waals surface area contributed by atoms with Crippen LogP contribution in [0.15, 0.2) is 109 Å². The molecule has 10 heteroatoms. The van der Waals surface area contributed by atoms with Crippen molar-refractivity contribution in [3.05, 3.63) is 126 Å². The summed E-state index contributed by atoms with van der Waals surface area (Å²) in [5.74, 6) is 0. The highest BCUT2D eigenvalue weighted by atomic mass is 32.1. The van der Waals surface area contributed by atoms with Gasteiger partial charge in [-0.25, -0.2) is 0 Å². The molecule has 4 rings (SSSR count). The molecule has 0 saturated heterocycles. The van der Waals surface area contributed by atoms with Crippen molar-refractivity contribution in [1.82, 2.24) is 5.32 Å². The molecule has 0 heterocycles. The Bertz CT molecular complexity index is 1310. The van der Waals surface area contributed by atoms with Crippen LogP contribution >= 0.6 is 20.1 Å². The predicted octanol–water partition coefficient (Wildman–Crippen LogP) is 7.88. The Morgan fingerprint density at radius 1 is 0.667 bits per heavy atom. The normalized spacial score (nSPS) is 12.7. The van der Waals surface area contributed by atoms with Gasteiger partial charge in [-0.2, -0.15) is 26.3 Å². The topological polar surface area (TPSA) is 24.1 Å². The van der Waals surface area contributed by atoms with Crippen LogP contribution in [0.25, 0.3) is 0 Å². The Hall–Kier alpha value is -3.42. The first kappa shape index (κ1) is 28.6. The third-order valence-corrected chi connectivity index (χ3v) is 8.65. The van der Waals surface area contributed by atoms with E-state index in [9.17, 15) is 26.3 Å². The molecule has 0 saturated carbocycles. The molecule has 2 N–H and O–H groups in total. The average molecular weight is 577 g/mol. The summed E-state index contributed by atoms with van der Waals surface area (Å²) in [4.78, 5) is 0. The Labute approximate surface area is 228 Å². The van der Waals surface area contributed by atoms with Gasteiger partial charge in [0.25, 0.3) is 0 Å². The maximum absolute atomic E-state index is 13.3. The highest BCUT2D eigenvalue weighted by Gasteiger charge is 2.37. The summed E-state index contributed by atoms with van der Waals surface area (Å²) in [5, 5.41) is 7.84. The third-order valence-electron chi connectivity index (χ3n) is 5.85. The van der Waals surface area contributed by atoms with Crippen LogP contribution in [-0.2, 0) is 12.4 Å². The molecule has 0 aliphatic rings. The minimum absolute atomic E-state index is 0.0847. The SMILES string of the molecule is FC(F)(F)c1cc(NC(=S)N[C@H](CP(c2ccccc2)c2ccccc2)c2ccccc2)cc(C(F)(F)F)c1. The number of halogens is 6. The molecule has 4 aromatic carbocycles. The molecule has 0 aliphatic carbocycles. The fraction of sp³-hybridized carbons (Fsp3) is 0.138. The summed E-state index contributed by atoms with van der Waals surface area (Å²) in [7, 11) is -0.892. The van der Waals surface area contributed by atoms with E-state index < -0.39 is 37.1 Å². The predicted molar refractivity (Wildman–Crippen MR) is 149 cm³/mol. The summed E-state index contributed by atoms with van der Waals surface area (Å²) in [6, 6.07) is 30.1. The number of rotatable bonds is 7. The van der Waals surface area contributed by atoms with E-state index in [1.165, 1.54) is 0 Å². The van der Waals surface area contributed by atoms with Crippen LogP contribution in [0.3, 0.4) is 0 Å². The number of nitrogens with one attached hydrogen (secondary N) is 2. The molecule has 4 aromatic rings. The van der Waals surface area contributed by atoms with E-state index in [2.05, 4.69) is 10.6 Å². The number of anilines is 1. The van der Waals surface area contributed by atoms with Crippen LogP contribution in [0.1, 0.15) is 22.7 Å². The van der Waals surface area contributed by atoms with Crippen LogP contribution in [0.4, 0.5) is 32.0 Å². The van der Waals surface area contributed by atoms with E-state index in [0.717, 1.165) is 16.2 Å². The van der Waals surface area contributed by atoms with Crippen molar-refractivity contribution < 1.29 is 26.3 Å². The summed E-state index contributed by atoms with van der Waals surface area (Å²) in [6.45, 7) is 0. The van der Waals surface area contributed by atoms with Gasteiger partial charge in [-0.3, -0.25) is 0 Å². The molecule has 1 atom stereocenters. The lowest BCUT2D eigenvalue weighted by Crippen LogP contribution is -2.35. The second-order valence-electron chi connectivity index (χ2n) is 8.64. The molecule has 0 radical (unpaired) electrons. The molecule has 202 valence electrons. The van der Waals surface area contributed by atoms with Gasteiger partial charge in [0.2, 0.25) is 0 Å². The van der Waals surface area contributed by atoms with Crippen molar-refractivity contribution in [2.75, 3.05) is 11.5 Å². The number of alkyl halides is 6. The fourth-order valence-electron chi connectivity index (χ4n) is 4.03. The smallest absolute Gasteiger partial charge is 0.355 e. The number of benzene rings is 4. The van der Waals surface area contributed by atoms with E-state index in [1.54, 1.807) is 0 Å². The van der Waals surface area contributed by atoms with Gasteiger partial charge < -0.3 is 10.6 Å². The molecule has 0 bridgehead atoms. The molecule has 0 aliphatic heterocycles. The Morgan fingerprint density at radius 3 is 1.54 bits per heavy atom. The van der Waals surface area contributed by atoms with Crippen molar-refractivity contribution in [2.24, 2.45) is 0 Å². The van der Waals surface area contributed by atoms with E-state index in [0.29, 0.717) is 18.3 Å². The maximum Gasteiger partial charge on any atom is 0.416 e. The van der Waals surface area contributed by atoms with Gasteiger partial charge in [0, 0.05) is 11.8 Å². The zero-order chi connectivity index (χ0) is 28.0. The molecule has 0 spiro atoms. The highest BCUT2D eigenvalue weighted by Crippen LogP contribution is 2.39. The molecular formula is C29H23F6N2PS. The molecule has 0 unspecified atom stereocenters. The lowest BCUT2D eigenvalue weighted by Gasteiger charge is -2.27. The average Bonchev–Trinajstić information content (AvgIpc) is 2.91. The van der Waals surface area contributed by atoms with Gasteiger partial charge in [-0.05, 0) is 54.5 Å². The lowest BCUT2D eigenvalue weighted by atomic mass is 10.1. The van der Waals surface area contributed by atoms with Crippen molar-refractivity contribution in [3.63, 3.8) is 0 Å². The zero-order valence-electron chi connectivity index (χ0n) is 20.3. The van der Waals surface area contributed by atoms with Crippen molar-refractivity contribution in [1.29, 1.82) is 0 Å². The maximum atomic E-state index is 13.3. The number of thiocarbonyl (C=S) groups is 1. The van der Waals surface area contributed by atoms with Crippen molar-refractivity contribution in [3.8, 4) is 0 Å². The molecule has 2 nitrogen and oxygen atoms in total. The van der Waals surface area contributed by atoms with Crippen LogP contribution in [0.2, 0.25) is 0 Å². The summed E-state index contributed by atoms with van der Waals surface area (Å²) in [6.07, 6.45) is -9.34. The summed E-state index contributed by atoms with van der Waals surface area (Å²) in [5.41, 5.74) is -2.37. The summed E-state index contributed by atoms with van der Waals surface area (Å²) >= 11 is 5.39. The molecule has 0 aromatic heterocycles. The van der Waals surface area contributed by atoms with E-state index in [-0.39, 0.29) is 17.2 Å². The van der Waals surface area contributed by atoms with Crippen LogP contribution in [-0.4, -0.2) is 11.3 Å². The first-order valence-electron chi connectivity index (χ1n) is 11.8. The van der Waals surface area contributed by atoms with Crippen molar-refractivity contribution >= 4 is 41.5 Å². The monoisotopic (exact) mass is 576 g/mol. The highest BCUT2D eigenvalue weighted by molar-refractivity contribution is 7.80. The minimum Gasteiger partial charge on any atom is -0.355 e. The van der Waals surface area contributed by atoms with Gasteiger partial charge in [0.05, 0.1) is 17.2 Å². The second-order valence-corrected chi connectivity index (χ2v) is 11.3. The Kier molecular flexibility index (Phi) is 8.93. The fourth-order valence-corrected chi connectivity index (χ4v) is 6.74. The quantitative estimate of drug-likeness (QED) is 0.133.